The van der Waals surface area contributed by atoms with E-state index >= 15 is 0 Å². The first-order valence-corrected chi connectivity index (χ1v) is 7.98. The molecule has 0 radical (unpaired) electrons. The summed E-state index contributed by atoms with van der Waals surface area (Å²) in [6.07, 6.45) is 0.342. The Hall–Kier alpha value is -0.670. The Morgan fingerprint density at radius 1 is 1.17 bits per heavy atom. The Kier molecular flexibility index (Phi) is 6.58. The molecule has 0 bridgehead atoms. The third kappa shape index (κ3) is 4.54. The molecular weight excluding hydrogens is 249 g/mol. The van der Waals surface area contributed by atoms with Crippen molar-refractivity contribution < 1.29 is 13.6 Å². The molecule has 1 atom stereocenters. The van der Waals surface area contributed by atoms with Gasteiger partial charge in [-0.25, -0.2) is 0 Å². The largest absolute Gasteiger partial charge is 0.332 e. The summed E-state index contributed by atoms with van der Waals surface area (Å²) in [5.41, 5.74) is 1.08. The van der Waals surface area contributed by atoms with E-state index in [1.165, 1.54) is 0 Å². The zero-order valence-corrected chi connectivity index (χ0v) is 12.2. The van der Waals surface area contributed by atoms with Crippen LogP contribution in [0, 0.1) is 0 Å². The molecule has 0 amide bonds. The van der Waals surface area contributed by atoms with Crippen molar-refractivity contribution >= 4 is 7.60 Å². The molecule has 0 aliphatic rings. The molecule has 0 aliphatic carbocycles. The van der Waals surface area contributed by atoms with E-state index in [4.69, 9.17) is 9.05 Å². The van der Waals surface area contributed by atoms with Gasteiger partial charge in [0.2, 0.25) is 0 Å². The molecule has 1 rings (SSSR count). The van der Waals surface area contributed by atoms with Gasteiger partial charge in [0, 0.05) is 6.04 Å². The second-order valence-corrected chi connectivity index (χ2v) is 5.98. The molecule has 0 saturated carbocycles. The summed E-state index contributed by atoms with van der Waals surface area (Å²) in [7, 11) is -1.17. The number of hydrogen-bond acceptors (Lipinski definition) is 4. The molecule has 0 aliphatic heterocycles. The van der Waals surface area contributed by atoms with Gasteiger partial charge in [0.05, 0.1) is 19.4 Å². The van der Waals surface area contributed by atoms with Gasteiger partial charge in [0.25, 0.3) is 0 Å². The van der Waals surface area contributed by atoms with Crippen LogP contribution in [0.15, 0.2) is 30.3 Å². The van der Waals surface area contributed by atoms with Crippen LogP contribution in [0.25, 0.3) is 0 Å². The fourth-order valence-corrected chi connectivity index (χ4v) is 3.72. The molecule has 0 saturated heterocycles. The molecular formula is C13H22NO3P. The minimum atomic E-state index is -3.02. The Labute approximate surface area is 109 Å². The topological polar surface area (TPSA) is 47.6 Å². The van der Waals surface area contributed by atoms with Crippen molar-refractivity contribution in [1.82, 2.24) is 5.32 Å². The summed E-state index contributed by atoms with van der Waals surface area (Å²) in [4.78, 5) is 0. The Morgan fingerprint density at radius 2 is 1.72 bits per heavy atom. The molecule has 1 N–H and O–H groups in total. The van der Waals surface area contributed by atoms with Crippen LogP contribution in [0.5, 0.6) is 0 Å². The highest BCUT2D eigenvalue weighted by Crippen LogP contribution is 2.50. The summed E-state index contributed by atoms with van der Waals surface area (Å²) in [5, 5.41) is 3.16. The second-order valence-electron chi connectivity index (χ2n) is 3.88. The molecule has 18 heavy (non-hydrogen) atoms. The van der Waals surface area contributed by atoms with Crippen LogP contribution in [0.2, 0.25) is 0 Å². The lowest BCUT2D eigenvalue weighted by Crippen LogP contribution is -2.21. The van der Waals surface area contributed by atoms with E-state index in [9.17, 15) is 4.57 Å². The van der Waals surface area contributed by atoms with Crippen molar-refractivity contribution in [2.24, 2.45) is 0 Å². The molecule has 0 aromatic heterocycles. The first-order chi connectivity index (χ1) is 8.65. The molecule has 0 heterocycles. The lowest BCUT2D eigenvalue weighted by Gasteiger charge is -2.23. The van der Waals surface area contributed by atoms with Gasteiger partial charge in [-0.05, 0) is 26.5 Å². The molecule has 0 spiro atoms. The smallest absolute Gasteiger partial charge is 0.312 e. The van der Waals surface area contributed by atoms with Crippen molar-refractivity contribution in [2.75, 3.05) is 26.4 Å². The van der Waals surface area contributed by atoms with E-state index in [0.29, 0.717) is 19.4 Å². The van der Waals surface area contributed by atoms with Gasteiger partial charge in [-0.15, -0.1) is 0 Å². The van der Waals surface area contributed by atoms with Crippen LogP contribution in [0.3, 0.4) is 0 Å². The van der Waals surface area contributed by atoms with E-state index in [1.807, 2.05) is 51.2 Å². The number of rotatable bonds is 8. The van der Waals surface area contributed by atoms with Crippen LogP contribution in [0.1, 0.15) is 25.5 Å². The van der Waals surface area contributed by atoms with Gasteiger partial charge < -0.3 is 14.4 Å². The zero-order chi connectivity index (χ0) is 13.4. The quantitative estimate of drug-likeness (QED) is 0.737. The van der Waals surface area contributed by atoms with Gasteiger partial charge in [-0.1, -0.05) is 30.3 Å². The lowest BCUT2D eigenvalue weighted by atomic mass is 10.1. The predicted octanol–water partition coefficient (Wildman–Crippen LogP) is 3.21. The molecule has 4 nitrogen and oxygen atoms in total. The third-order valence-electron chi connectivity index (χ3n) is 2.61. The Morgan fingerprint density at radius 3 is 2.17 bits per heavy atom. The van der Waals surface area contributed by atoms with Crippen molar-refractivity contribution in [3.8, 4) is 0 Å². The average molecular weight is 271 g/mol. The van der Waals surface area contributed by atoms with Crippen LogP contribution < -0.4 is 5.32 Å². The minimum absolute atomic E-state index is 0.0323. The maximum absolute atomic E-state index is 12.5. The maximum Gasteiger partial charge on any atom is 0.332 e. The SMILES string of the molecule is CCOP(=O)(CC(NC)c1ccccc1)OCC. The van der Waals surface area contributed by atoms with Crippen LogP contribution in [0.4, 0.5) is 0 Å². The average Bonchev–Trinajstić information content (AvgIpc) is 2.38. The fourth-order valence-electron chi connectivity index (χ4n) is 1.81. The summed E-state index contributed by atoms with van der Waals surface area (Å²) >= 11 is 0. The minimum Gasteiger partial charge on any atom is -0.312 e. The molecule has 0 fully saturated rings. The standard InChI is InChI=1S/C13H22NO3P/c1-4-16-18(15,17-5-2)11-13(14-3)12-9-7-6-8-10-12/h6-10,13-14H,4-5,11H2,1-3H3. The third-order valence-corrected chi connectivity index (χ3v) is 4.72. The van der Waals surface area contributed by atoms with Crippen molar-refractivity contribution in [3.05, 3.63) is 35.9 Å². The summed E-state index contributed by atoms with van der Waals surface area (Å²) in [5.74, 6) is 0. The molecule has 5 heteroatoms. The van der Waals surface area contributed by atoms with Crippen LogP contribution in [-0.4, -0.2) is 26.4 Å². The van der Waals surface area contributed by atoms with Crippen molar-refractivity contribution in [3.63, 3.8) is 0 Å². The monoisotopic (exact) mass is 271 g/mol. The van der Waals surface area contributed by atoms with Crippen molar-refractivity contribution in [2.45, 2.75) is 19.9 Å². The number of nitrogens with one attached hydrogen (secondary N) is 1. The van der Waals surface area contributed by atoms with E-state index < -0.39 is 7.60 Å². The molecule has 102 valence electrons. The first kappa shape index (κ1) is 15.4. The number of hydrogen-bond donors (Lipinski definition) is 1. The van der Waals surface area contributed by atoms with Crippen LogP contribution >= 0.6 is 7.60 Å². The van der Waals surface area contributed by atoms with E-state index in [1.54, 1.807) is 0 Å². The fraction of sp³-hybridized carbons (Fsp3) is 0.538. The summed E-state index contributed by atoms with van der Waals surface area (Å²) < 4.78 is 23.1. The highest BCUT2D eigenvalue weighted by molar-refractivity contribution is 7.53. The predicted molar refractivity (Wildman–Crippen MR) is 74.0 cm³/mol. The number of benzene rings is 1. The second kappa shape index (κ2) is 7.70. The maximum atomic E-state index is 12.5. The summed E-state index contributed by atoms with van der Waals surface area (Å²) in [6, 6.07) is 9.86. The zero-order valence-electron chi connectivity index (χ0n) is 11.3. The highest BCUT2D eigenvalue weighted by Gasteiger charge is 2.28. The Balaban J connectivity index is 2.80. The van der Waals surface area contributed by atoms with Crippen LogP contribution in [-0.2, 0) is 13.6 Å². The lowest BCUT2D eigenvalue weighted by molar-refractivity contribution is 0.217. The van der Waals surface area contributed by atoms with Crippen molar-refractivity contribution in [1.29, 1.82) is 0 Å². The van der Waals surface area contributed by atoms with Gasteiger partial charge in [-0.2, -0.15) is 0 Å². The molecule has 1 aromatic carbocycles. The van der Waals surface area contributed by atoms with Gasteiger partial charge in [0.15, 0.2) is 0 Å². The Bertz CT molecular complexity index is 373. The van der Waals surface area contributed by atoms with Gasteiger partial charge >= 0.3 is 7.60 Å². The molecule has 1 unspecified atom stereocenters. The van der Waals surface area contributed by atoms with E-state index in [0.717, 1.165) is 5.56 Å². The van der Waals surface area contributed by atoms with E-state index in [2.05, 4.69) is 5.32 Å². The normalized spacial score (nSPS) is 13.5. The highest BCUT2D eigenvalue weighted by atomic mass is 31.2. The van der Waals surface area contributed by atoms with E-state index in [-0.39, 0.29) is 6.04 Å². The summed E-state index contributed by atoms with van der Waals surface area (Å²) in [6.45, 7) is 4.43. The molecule has 1 aromatic rings. The van der Waals surface area contributed by atoms with Gasteiger partial charge in [-0.3, -0.25) is 4.57 Å². The van der Waals surface area contributed by atoms with Gasteiger partial charge in [0.1, 0.15) is 0 Å². The first-order valence-electron chi connectivity index (χ1n) is 6.25.